The minimum Gasteiger partial charge on any atom is -0.272 e. The average molecular weight is 154 g/mol. The van der Waals surface area contributed by atoms with Crippen LogP contribution >= 0.6 is 11.9 Å². The van der Waals surface area contributed by atoms with Gasteiger partial charge in [-0.2, -0.15) is 5.17 Å². The van der Waals surface area contributed by atoms with Gasteiger partial charge in [0.2, 0.25) is 0 Å². The second-order valence-corrected chi connectivity index (χ2v) is 2.80. The van der Waals surface area contributed by atoms with E-state index in [4.69, 9.17) is 5.21 Å². The van der Waals surface area contributed by atoms with E-state index in [1.807, 2.05) is 24.3 Å². The molecule has 0 saturated heterocycles. The summed E-state index contributed by atoms with van der Waals surface area (Å²) in [6.45, 7) is 0. The van der Waals surface area contributed by atoms with Crippen LogP contribution in [0.3, 0.4) is 0 Å². The lowest BCUT2D eigenvalue weighted by Crippen LogP contribution is -2.23. The Morgan fingerprint density at radius 3 is 3.00 bits per heavy atom. The van der Waals surface area contributed by atoms with E-state index >= 15 is 0 Å². The number of benzene rings is 1. The first-order valence-electron chi connectivity index (χ1n) is 2.88. The maximum atomic E-state index is 9.08. The van der Waals surface area contributed by atoms with Crippen LogP contribution in [0.4, 0.5) is 5.69 Å². The Bertz CT molecular complexity index is 253. The van der Waals surface area contributed by atoms with Crippen molar-refractivity contribution in [3.63, 3.8) is 0 Å². The normalized spacial score (nSPS) is 15.5. The van der Waals surface area contributed by atoms with E-state index in [0.717, 1.165) is 15.8 Å². The molecule has 1 aromatic carbocycles. The van der Waals surface area contributed by atoms with Crippen molar-refractivity contribution in [3.8, 4) is 0 Å². The average Bonchev–Trinajstić information content (AvgIpc) is 2.34. The van der Waals surface area contributed by atoms with Crippen LogP contribution in [0.2, 0.25) is 0 Å². The summed E-state index contributed by atoms with van der Waals surface area (Å²) in [4.78, 5) is 3.74. The van der Waals surface area contributed by atoms with Gasteiger partial charge in [0, 0.05) is 0 Å². The van der Waals surface area contributed by atoms with Gasteiger partial charge in [-0.15, -0.1) is 4.83 Å². The number of hydrogen-bond donors (Lipinski definition) is 2. The quantitative estimate of drug-likeness (QED) is 0.554. The molecule has 4 heteroatoms. The Labute approximate surface area is 62.7 Å². The maximum absolute atomic E-state index is 9.08. The molecule has 3 nitrogen and oxygen atoms in total. The molecular formula is C6H6N2OS. The summed E-state index contributed by atoms with van der Waals surface area (Å²) in [6.07, 6.45) is 0. The molecule has 0 aromatic heterocycles. The Morgan fingerprint density at radius 1 is 1.40 bits per heavy atom. The number of anilines is 1. The van der Waals surface area contributed by atoms with Gasteiger partial charge < -0.3 is 0 Å². The van der Waals surface area contributed by atoms with Gasteiger partial charge in [-0.1, -0.05) is 12.1 Å². The van der Waals surface area contributed by atoms with E-state index < -0.39 is 0 Å². The minimum absolute atomic E-state index is 0.813. The molecule has 2 rings (SSSR count). The fourth-order valence-corrected chi connectivity index (χ4v) is 1.55. The van der Waals surface area contributed by atoms with Gasteiger partial charge in [0.25, 0.3) is 0 Å². The first-order chi connectivity index (χ1) is 4.88. The highest BCUT2D eigenvalue weighted by atomic mass is 32.2. The standard InChI is InChI=1S/C6H6N2OS/c9-8-5-3-1-2-4-6(5)10-7-8/h1-4,7,9H. The lowest BCUT2D eigenvalue weighted by Gasteiger charge is -2.05. The van der Waals surface area contributed by atoms with Crippen LogP contribution in [0, 0.1) is 0 Å². The zero-order chi connectivity index (χ0) is 6.97. The monoisotopic (exact) mass is 154 g/mol. The molecule has 0 fully saturated rings. The predicted molar refractivity (Wildman–Crippen MR) is 39.7 cm³/mol. The second-order valence-electron chi connectivity index (χ2n) is 1.97. The molecule has 0 amide bonds. The van der Waals surface area contributed by atoms with Crippen LogP contribution in [0.5, 0.6) is 0 Å². The number of nitrogens with zero attached hydrogens (tertiary/aromatic N) is 1. The number of para-hydroxylation sites is 1. The highest BCUT2D eigenvalue weighted by molar-refractivity contribution is 7.98. The summed E-state index contributed by atoms with van der Waals surface area (Å²) < 4.78 is 0. The van der Waals surface area contributed by atoms with Crippen molar-refractivity contribution in [2.75, 3.05) is 5.17 Å². The Balaban J connectivity index is 2.51. The Kier molecular flexibility index (Phi) is 1.30. The van der Waals surface area contributed by atoms with E-state index in [2.05, 4.69) is 4.83 Å². The van der Waals surface area contributed by atoms with Crippen molar-refractivity contribution in [3.05, 3.63) is 24.3 Å². The number of nitrogens with one attached hydrogen (secondary N) is 1. The van der Waals surface area contributed by atoms with E-state index in [0.29, 0.717) is 0 Å². The molecule has 1 aliphatic rings. The molecule has 1 aromatic rings. The smallest absolute Gasteiger partial charge is 0.0979 e. The molecule has 2 N–H and O–H groups in total. The van der Waals surface area contributed by atoms with Crippen LogP contribution in [-0.4, -0.2) is 5.21 Å². The van der Waals surface area contributed by atoms with Crippen molar-refractivity contribution < 1.29 is 5.21 Å². The maximum Gasteiger partial charge on any atom is 0.0979 e. The van der Waals surface area contributed by atoms with Gasteiger partial charge in [-0.3, -0.25) is 5.21 Å². The minimum atomic E-state index is 0.813. The van der Waals surface area contributed by atoms with Gasteiger partial charge in [-0.05, 0) is 24.1 Å². The predicted octanol–water partition coefficient (Wildman–Crippen LogP) is 1.41. The van der Waals surface area contributed by atoms with E-state index in [1.54, 1.807) is 0 Å². The number of rotatable bonds is 0. The second kappa shape index (κ2) is 2.16. The molecule has 52 valence electrons. The molecule has 0 atom stereocenters. The fraction of sp³-hybridized carbons (Fsp3) is 0. The summed E-state index contributed by atoms with van der Waals surface area (Å²) in [5.41, 5.74) is 0.813. The highest BCUT2D eigenvalue weighted by Crippen LogP contribution is 2.32. The van der Waals surface area contributed by atoms with Gasteiger partial charge in [0.05, 0.1) is 10.6 Å². The third-order valence-electron chi connectivity index (χ3n) is 1.34. The lowest BCUT2D eigenvalue weighted by atomic mass is 10.3. The van der Waals surface area contributed by atoms with Gasteiger partial charge in [0.1, 0.15) is 0 Å². The Morgan fingerprint density at radius 2 is 2.20 bits per heavy atom. The molecule has 0 radical (unpaired) electrons. The van der Waals surface area contributed by atoms with Gasteiger partial charge >= 0.3 is 0 Å². The van der Waals surface area contributed by atoms with Crippen molar-refractivity contribution in [1.82, 2.24) is 4.83 Å². The molecule has 1 heterocycles. The first kappa shape index (κ1) is 6.03. The molecule has 0 saturated carbocycles. The number of hydrazine groups is 1. The van der Waals surface area contributed by atoms with Crippen LogP contribution < -0.4 is 10.0 Å². The molecule has 0 unspecified atom stereocenters. The molecule has 0 spiro atoms. The van der Waals surface area contributed by atoms with Crippen molar-refractivity contribution in [2.24, 2.45) is 0 Å². The van der Waals surface area contributed by atoms with Crippen LogP contribution in [0.1, 0.15) is 0 Å². The number of fused-ring (bicyclic) bond motifs is 1. The number of hydrogen-bond acceptors (Lipinski definition) is 4. The molecule has 0 bridgehead atoms. The van der Waals surface area contributed by atoms with Gasteiger partial charge in [-0.25, -0.2) is 0 Å². The largest absolute Gasteiger partial charge is 0.272 e. The van der Waals surface area contributed by atoms with Crippen LogP contribution in [0.25, 0.3) is 0 Å². The van der Waals surface area contributed by atoms with E-state index in [9.17, 15) is 0 Å². The lowest BCUT2D eigenvalue weighted by molar-refractivity contribution is 0.245. The van der Waals surface area contributed by atoms with Crippen LogP contribution in [0.15, 0.2) is 29.2 Å². The summed E-state index contributed by atoms with van der Waals surface area (Å²) in [7, 11) is 0. The highest BCUT2D eigenvalue weighted by Gasteiger charge is 2.15. The third-order valence-corrected chi connectivity index (χ3v) is 2.16. The molecule has 0 aliphatic carbocycles. The summed E-state index contributed by atoms with van der Waals surface area (Å²) in [5, 5.41) is 10.1. The van der Waals surface area contributed by atoms with Gasteiger partial charge in [0.15, 0.2) is 0 Å². The fourth-order valence-electron chi connectivity index (χ4n) is 0.860. The molecule has 1 aliphatic heterocycles. The summed E-state index contributed by atoms with van der Waals surface area (Å²) in [6, 6.07) is 7.62. The molecular weight excluding hydrogens is 148 g/mol. The first-order valence-corrected chi connectivity index (χ1v) is 3.70. The molecule has 10 heavy (non-hydrogen) atoms. The zero-order valence-corrected chi connectivity index (χ0v) is 5.93. The summed E-state index contributed by atoms with van der Waals surface area (Å²) in [5.74, 6) is 0. The van der Waals surface area contributed by atoms with Crippen molar-refractivity contribution >= 4 is 17.6 Å². The van der Waals surface area contributed by atoms with Crippen molar-refractivity contribution in [2.45, 2.75) is 4.90 Å². The van der Waals surface area contributed by atoms with Crippen LogP contribution in [-0.2, 0) is 0 Å². The van der Waals surface area contributed by atoms with Crippen molar-refractivity contribution in [1.29, 1.82) is 0 Å². The Hall–Kier alpha value is -0.710. The SMILES string of the molecule is ON1NSc2ccccc21. The third kappa shape index (κ3) is 0.775. The van der Waals surface area contributed by atoms with E-state index in [-0.39, 0.29) is 0 Å². The zero-order valence-electron chi connectivity index (χ0n) is 5.11. The van der Waals surface area contributed by atoms with E-state index in [1.165, 1.54) is 11.9 Å². The topological polar surface area (TPSA) is 35.5 Å². The summed E-state index contributed by atoms with van der Waals surface area (Å²) >= 11 is 1.40.